The van der Waals surface area contributed by atoms with Crippen LogP contribution < -0.4 is 10.2 Å². The maximum absolute atomic E-state index is 13.5. The predicted octanol–water partition coefficient (Wildman–Crippen LogP) is 5.79. The molecule has 3 fully saturated rings. The van der Waals surface area contributed by atoms with Crippen molar-refractivity contribution in [3.05, 3.63) is 41.5 Å². The number of rotatable bonds is 7. The third-order valence-electron chi connectivity index (χ3n) is 10.0. The van der Waals surface area contributed by atoms with Crippen LogP contribution in [-0.4, -0.2) is 49.4 Å². The second-order valence-electron chi connectivity index (χ2n) is 11.6. The van der Waals surface area contributed by atoms with Crippen LogP contribution in [0.3, 0.4) is 0 Å². The van der Waals surface area contributed by atoms with E-state index in [1.54, 1.807) is 0 Å². The number of hydrogen-bond donors (Lipinski definition) is 1. The SMILES string of the molecule is C[C@]12CC[C@H]3[C@@H](CCC4=CC(=O)NC[C@@]43C)[C@@H]1CC[C@@H]2OC(=O)c1ccccc1N(CCCl)CCCl. The number of benzene rings is 1. The average Bonchev–Trinajstić information content (AvgIpc) is 3.20. The summed E-state index contributed by atoms with van der Waals surface area (Å²) in [5.74, 6) is 2.47. The molecule has 6 atom stereocenters. The summed E-state index contributed by atoms with van der Waals surface area (Å²) in [7, 11) is 0. The normalized spacial score (nSPS) is 35.1. The molecule has 0 saturated heterocycles. The molecule has 0 aromatic heterocycles. The first-order valence-electron chi connectivity index (χ1n) is 13.5. The lowest BCUT2D eigenvalue weighted by Gasteiger charge is -2.57. The number of nitrogens with one attached hydrogen (secondary N) is 1. The molecule has 5 rings (SSSR count). The van der Waals surface area contributed by atoms with Crippen LogP contribution in [0.4, 0.5) is 5.69 Å². The van der Waals surface area contributed by atoms with Crippen molar-refractivity contribution < 1.29 is 14.3 Å². The molecule has 1 heterocycles. The van der Waals surface area contributed by atoms with Gasteiger partial charge < -0.3 is 15.0 Å². The molecule has 4 aliphatic rings. The first-order valence-corrected chi connectivity index (χ1v) is 14.5. The average molecular weight is 534 g/mol. The van der Waals surface area contributed by atoms with Gasteiger partial charge in [0.2, 0.25) is 5.91 Å². The van der Waals surface area contributed by atoms with Crippen LogP contribution in [0.25, 0.3) is 0 Å². The van der Waals surface area contributed by atoms with Crippen molar-refractivity contribution in [1.29, 1.82) is 0 Å². The van der Waals surface area contributed by atoms with E-state index in [4.69, 9.17) is 27.9 Å². The molecule has 0 radical (unpaired) electrons. The largest absolute Gasteiger partial charge is 0.458 e. The number of fused-ring (bicyclic) bond motifs is 5. The number of anilines is 1. The van der Waals surface area contributed by atoms with E-state index in [1.807, 2.05) is 30.3 Å². The van der Waals surface area contributed by atoms with E-state index in [1.165, 1.54) is 5.57 Å². The number of amides is 1. The molecule has 0 bridgehead atoms. The highest BCUT2D eigenvalue weighted by atomic mass is 35.5. The third kappa shape index (κ3) is 4.34. The maximum Gasteiger partial charge on any atom is 0.340 e. The van der Waals surface area contributed by atoms with Gasteiger partial charge in [0.25, 0.3) is 0 Å². The fraction of sp³-hybridized carbons (Fsp3) is 0.655. The van der Waals surface area contributed by atoms with Gasteiger partial charge >= 0.3 is 5.97 Å². The molecule has 3 saturated carbocycles. The topological polar surface area (TPSA) is 58.6 Å². The molecule has 196 valence electrons. The van der Waals surface area contributed by atoms with Crippen LogP contribution in [0.15, 0.2) is 35.9 Å². The molecule has 1 N–H and O–H groups in total. The molecule has 36 heavy (non-hydrogen) atoms. The Morgan fingerprint density at radius 2 is 1.83 bits per heavy atom. The number of carbonyl (C=O) groups is 2. The summed E-state index contributed by atoms with van der Waals surface area (Å²) >= 11 is 12.1. The molecule has 0 spiro atoms. The quantitative estimate of drug-likeness (QED) is 0.356. The zero-order chi connectivity index (χ0) is 25.5. The van der Waals surface area contributed by atoms with E-state index in [2.05, 4.69) is 24.1 Å². The summed E-state index contributed by atoms with van der Waals surface area (Å²) in [6.45, 7) is 6.71. The van der Waals surface area contributed by atoms with E-state index < -0.39 is 0 Å². The second kappa shape index (κ2) is 10.2. The van der Waals surface area contributed by atoms with E-state index in [-0.39, 0.29) is 28.8 Å². The molecule has 7 heteroatoms. The van der Waals surface area contributed by atoms with Gasteiger partial charge in [0.1, 0.15) is 6.10 Å². The molecule has 3 aliphatic carbocycles. The number of carbonyl (C=O) groups excluding carboxylic acids is 2. The number of nitrogens with zero attached hydrogens (tertiary/aromatic N) is 1. The van der Waals surface area contributed by atoms with E-state index in [0.717, 1.165) is 50.8 Å². The van der Waals surface area contributed by atoms with Crippen molar-refractivity contribution in [3.63, 3.8) is 0 Å². The number of esters is 1. The van der Waals surface area contributed by atoms with Gasteiger partial charge in [-0.15, -0.1) is 23.2 Å². The highest BCUT2D eigenvalue weighted by Crippen LogP contribution is 2.64. The first-order chi connectivity index (χ1) is 17.3. The lowest BCUT2D eigenvalue weighted by atomic mass is 9.48. The Kier molecular flexibility index (Phi) is 7.35. The van der Waals surface area contributed by atoms with Crippen LogP contribution in [-0.2, 0) is 9.53 Å². The first kappa shape index (κ1) is 25.9. The summed E-state index contributed by atoms with van der Waals surface area (Å²) in [6, 6.07) is 7.64. The van der Waals surface area contributed by atoms with Gasteiger partial charge in [-0.2, -0.15) is 0 Å². The van der Waals surface area contributed by atoms with E-state index >= 15 is 0 Å². The monoisotopic (exact) mass is 532 g/mol. The fourth-order valence-electron chi connectivity index (χ4n) is 8.11. The molecular weight excluding hydrogens is 495 g/mol. The van der Waals surface area contributed by atoms with Crippen molar-refractivity contribution in [2.24, 2.45) is 28.6 Å². The molecule has 1 aliphatic heterocycles. The van der Waals surface area contributed by atoms with Gasteiger partial charge in [0.15, 0.2) is 0 Å². The van der Waals surface area contributed by atoms with Crippen molar-refractivity contribution in [3.8, 4) is 0 Å². The molecular formula is C29H38Cl2N2O3. The number of halogens is 2. The Hall–Kier alpha value is -1.72. The fourth-order valence-corrected chi connectivity index (χ4v) is 8.51. The third-order valence-corrected chi connectivity index (χ3v) is 10.3. The van der Waals surface area contributed by atoms with Crippen molar-refractivity contribution in [2.75, 3.05) is 36.3 Å². The van der Waals surface area contributed by atoms with Crippen LogP contribution in [0, 0.1) is 28.6 Å². The lowest BCUT2D eigenvalue weighted by Crippen LogP contribution is -2.55. The Bertz CT molecular complexity index is 1040. The summed E-state index contributed by atoms with van der Waals surface area (Å²) in [4.78, 5) is 27.6. The number of hydrogen-bond acceptors (Lipinski definition) is 4. The maximum atomic E-state index is 13.5. The summed E-state index contributed by atoms with van der Waals surface area (Å²) < 4.78 is 6.34. The molecule has 1 amide bonds. The van der Waals surface area contributed by atoms with Crippen LogP contribution in [0.2, 0.25) is 0 Å². The van der Waals surface area contributed by atoms with Gasteiger partial charge in [-0.3, -0.25) is 4.79 Å². The predicted molar refractivity (Wildman–Crippen MR) is 145 cm³/mol. The van der Waals surface area contributed by atoms with Gasteiger partial charge in [-0.05, 0) is 68.4 Å². The number of alkyl halides is 2. The second-order valence-corrected chi connectivity index (χ2v) is 12.4. The Morgan fingerprint density at radius 3 is 2.58 bits per heavy atom. The number of para-hydroxylation sites is 1. The highest BCUT2D eigenvalue weighted by Gasteiger charge is 2.60. The van der Waals surface area contributed by atoms with Gasteiger partial charge in [0, 0.05) is 48.3 Å². The zero-order valence-corrected chi connectivity index (χ0v) is 22.9. The lowest BCUT2D eigenvalue weighted by molar-refractivity contribution is -0.119. The zero-order valence-electron chi connectivity index (χ0n) is 21.4. The standard InChI is InChI=1S/C29H38Cl2N2O3/c1-28-12-11-23-20(8-7-19-17-26(34)32-18-29(19,23)2)22(28)9-10-25(28)36-27(35)21-5-3-4-6-24(21)33(15-13-30)16-14-31/h3-6,17,20,22-23,25H,7-16,18H2,1-2H3,(H,32,34)/t20-,22-,23-,25-,28-,29-/m0/s1. The minimum Gasteiger partial charge on any atom is -0.458 e. The molecule has 1 aromatic carbocycles. The summed E-state index contributed by atoms with van der Waals surface area (Å²) in [6.07, 6.45) is 8.12. The molecule has 1 aromatic rings. The Balaban J connectivity index is 1.34. The van der Waals surface area contributed by atoms with Crippen LogP contribution in [0.5, 0.6) is 0 Å². The number of ether oxygens (including phenoxy) is 1. The molecule has 0 unspecified atom stereocenters. The highest BCUT2D eigenvalue weighted by molar-refractivity contribution is 6.18. The van der Waals surface area contributed by atoms with Crippen molar-refractivity contribution in [1.82, 2.24) is 5.32 Å². The minimum absolute atomic E-state index is 0.00672. The minimum atomic E-state index is -0.246. The van der Waals surface area contributed by atoms with Crippen LogP contribution in [0.1, 0.15) is 62.7 Å². The Labute approximate surface area is 224 Å². The van der Waals surface area contributed by atoms with Crippen LogP contribution >= 0.6 is 23.2 Å². The van der Waals surface area contributed by atoms with Gasteiger partial charge in [-0.1, -0.05) is 31.6 Å². The smallest absolute Gasteiger partial charge is 0.340 e. The summed E-state index contributed by atoms with van der Waals surface area (Å²) in [5.41, 5.74) is 2.82. The van der Waals surface area contributed by atoms with Gasteiger partial charge in [-0.25, -0.2) is 4.79 Å². The van der Waals surface area contributed by atoms with E-state index in [9.17, 15) is 9.59 Å². The van der Waals surface area contributed by atoms with Crippen molar-refractivity contribution in [2.45, 2.75) is 58.5 Å². The van der Waals surface area contributed by atoms with E-state index in [0.29, 0.717) is 48.2 Å². The van der Waals surface area contributed by atoms with Crippen molar-refractivity contribution >= 4 is 40.8 Å². The molecule has 5 nitrogen and oxygen atoms in total. The van der Waals surface area contributed by atoms with Gasteiger partial charge in [0.05, 0.1) is 11.3 Å². The Morgan fingerprint density at radius 1 is 1.08 bits per heavy atom. The summed E-state index contributed by atoms with van der Waals surface area (Å²) in [5, 5.41) is 3.10.